The van der Waals surface area contributed by atoms with Gasteiger partial charge in [-0.2, -0.15) is 0 Å². The van der Waals surface area contributed by atoms with Crippen LogP contribution in [-0.2, 0) is 10.8 Å². The number of hydrogen-bond donors (Lipinski definition) is 0. The van der Waals surface area contributed by atoms with Crippen molar-refractivity contribution in [2.45, 2.75) is 38.5 Å². The molecule has 2 aliphatic rings. The van der Waals surface area contributed by atoms with E-state index in [9.17, 15) is 0 Å². The topological polar surface area (TPSA) is 0 Å². The number of fused-ring (bicyclic) bond motifs is 8. The van der Waals surface area contributed by atoms with Gasteiger partial charge in [-0.05, 0) is 177 Å². The Morgan fingerprint density at radius 3 is 0.725 bits per heavy atom. The fourth-order valence-corrected chi connectivity index (χ4v) is 14.6. The predicted octanol–water partition coefficient (Wildman–Crippen LogP) is 22.1. The van der Waals surface area contributed by atoms with E-state index < -0.39 is 0 Å². The first-order valence-corrected chi connectivity index (χ1v) is 28.3. The van der Waals surface area contributed by atoms with Gasteiger partial charge in [0.05, 0.1) is 0 Å². The summed E-state index contributed by atoms with van der Waals surface area (Å²) in [5.41, 5.74) is 25.5. The molecular weight excluding hydrogens is 961 g/mol. The van der Waals surface area contributed by atoms with Gasteiger partial charge < -0.3 is 0 Å². The highest BCUT2D eigenvalue weighted by Gasteiger charge is 2.40. The molecule has 0 atom stereocenters. The first-order chi connectivity index (χ1) is 39.2. The Hall–Kier alpha value is -9.62. The molecule has 14 aromatic carbocycles. The Labute approximate surface area is 467 Å². The van der Waals surface area contributed by atoms with Crippen molar-refractivity contribution < 1.29 is 0 Å². The zero-order valence-corrected chi connectivity index (χ0v) is 45.4. The van der Waals surface area contributed by atoms with Gasteiger partial charge in [-0.1, -0.05) is 282 Å². The largest absolute Gasteiger partial charge is 0.0622 e. The second-order valence-corrected chi connectivity index (χ2v) is 23.4. The zero-order chi connectivity index (χ0) is 53.4. The predicted molar refractivity (Wildman–Crippen MR) is 342 cm³/mol. The molecule has 16 rings (SSSR count). The lowest BCUT2D eigenvalue weighted by Crippen LogP contribution is -2.28. The third-order valence-electron chi connectivity index (χ3n) is 18.5. The van der Waals surface area contributed by atoms with Crippen LogP contribution in [-0.4, -0.2) is 0 Å². The molecule has 0 heteroatoms. The third-order valence-corrected chi connectivity index (χ3v) is 18.5. The maximum Gasteiger partial charge on any atom is 0.0159 e. The van der Waals surface area contributed by atoms with Crippen molar-refractivity contribution in [3.63, 3.8) is 0 Å². The van der Waals surface area contributed by atoms with Crippen molar-refractivity contribution in [1.82, 2.24) is 0 Å². The average molecular weight is 1020 g/mol. The Morgan fingerprint density at radius 2 is 0.425 bits per heavy atom. The van der Waals surface area contributed by atoms with Crippen molar-refractivity contribution in [2.24, 2.45) is 0 Å². The third kappa shape index (κ3) is 6.75. The van der Waals surface area contributed by atoms with E-state index in [2.05, 4.69) is 295 Å². The van der Waals surface area contributed by atoms with Crippen LogP contribution in [0.4, 0.5) is 0 Å². The number of rotatable bonds is 6. The van der Waals surface area contributed by atoms with Crippen LogP contribution in [0.15, 0.2) is 267 Å². The van der Waals surface area contributed by atoms with Crippen LogP contribution in [0.25, 0.3) is 143 Å². The van der Waals surface area contributed by atoms with Crippen molar-refractivity contribution in [3.05, 3.63) is 289 Å². The molecule has 0 saturated carbocycles. The summed E-state index contributed by atoms with van der Waals surface area (Å²) in [5.74, 6) is 0. The van der Waals surface area contributed by atoms with Gasteiger partial charge in [0.25, 0.3) is 0 Å². The van der Waals surface area contributed by atoms with Gasteiger partial charge in [0.1, 0.15) is 0 Å². The minimum Gasteiger partial charge on any atom is -0.0622 e. The monoisotopic (exact) mass is 1020 g/mol. The van der Waals surface area contributed by atoms with E-state index in [0.717, 1.165) is 0 Å². The molecule has 0 spiro atoms. The summed E-state index contributed by atoms with van der Waals surface area (Å²) < 4.78 is 0. The molecule has 80 heavy (non-hydrogen) atoms. The second kappa shape index (κ2) is 17.4. The summed E-state index contributed by atoms with van der Waals surface area (Å²) in [6.07, 6.45) is 0. The molecule has 0 unspecified atom stereocenters. The van der Waals surface area contributed by atoms with Crippen LogP contribution >= 0.6 is 0 Å². The van der Waals surface area contributed by atoms with Gasteiger partial charge in [-0.15, -0.1) is 0 Å². The minimum absolute atomic E-state index is 0.225. The van der Waals surface area contributed by atoms with Gasteiger partial charge in [-0.3, -0.25) is 0 Å². The Bertz CT molecular complexity index is 4450. The molecular formula is C80H56. The Morgan fingerprint density at radius 1 is 0.188 bits per heavy atom. The first kappa shape index (κ1) is 46.5. The van der Waals surface area contributed by atoms with E-state index >= 15 is 0 Å². The van der Waals surface area contributed by atoms with Crippen molar-refractivity contribution >= 4 is 53.9 Å². The van der Waals surface area contributed by atoms with Crippen LogP contribution in [0, 0.1) is 0 Å². The Kier molecular flexibility index (Phi) is 10.1. The summed E-state index contributed by atoms with van der Waals surface area (Å²) in [6.45, 7) is 9.74. The molecule has 2 aliphatic carbocycles. The van der Waals surface area contributed by atoms with E-state index in [4.69, 9.17) is 0 Å². The number of benzene rings is 14. The molecule has 0 heterocycles. The highest BCUT2D eigenvalue weighted by atomic mass is 14.4. The maximum absolute atomic E-state index is 2.48. The van der Waals surface area contributed by atoms with Crippen LogP contribution in [0.1, 0.15) is 49.9 Å². The molecule has 0 radical (unpaired) electrons. The lowest BCUT2D eigenvalue weighted by molar-refractivity contribution is 0.633. The molecule has 0 saturated heterocycles. The van der Waals surface area contributed by atoms with Crippen molar-refractivity contribution in [2.75, 3.05) is 0 Å². The fourth-order valence-electron chi connectivity index (χ4n) is 14.6. The van der Waals surface area contributed by atoms with Crippen LogP contribution in [0.3, 0.4) is 0 Å². The quantitative estimate of drug-likeness (QED) is 0.146. The summed E-state index contributed by atoms with van der Waals surface area (Å²) in [5, 5.41) is 13.0. The van der Waals surface area contributed by atoms with Crippen molar-refractivity contribution in [1.29, 1.82) is 0 Å². The van der Waals surface area contributed by atoms with E-state index in [1.165, 1.54) is 165 Å². The molecule has 0 amide bonds. The van der Waals surface area contributed by atoms with E-state index in [-0.39, 0.29) is 10.8 Å². The summed E-state index contributed by atoms with van der Waals surface area (Å²) in [4.78, 5) is 0. The Balaban J connectivity index is 0.752. The molecule has 0 aromatic heterocycles. The second-order valence-electron chi connectivity index (χ2n) is 23.4. The lowest BCUT2D eigenvalue weighted by atomic mass is 9.62. The van der Waals surface area contributed by atoms with Crippen LogP contribution < -0.4 is 0 Å². The molecule has 376 valence electrons. The van der Waals surface area contributed by atoms with Crippen LogP contribution in [0.5, 0.6) is 0 Å². The van der Waals surface area contributed by atoms with E-state index in [1.807, 2.05) is 0 Å². The normalized spacial score (nSPS) is 13.7. The molecule has 14 aromatic rings. The summed E-state index contributed by atoms with van der Waals surface area (Å²) in [7, 11) is 0. The molecule has 0 bridgehead atoms. The van der Waals surface area contributed by atoms with Gasteiger partial charge in [0.2, 0.25) is 0 Å². The average Bonchev–Trinajstić information content (AvgIpc) is 3.68. The van der Waals surface area contributed by atoms with Gasteiger partial charge in [0, 0.05) is 10.8 Å². The highest BCUT2D eigenvalue weighted by molar-refractivity contribution is 6.23. The first-order valence-electron chi connectivity index (χ1n) is 28.3. The van der Waals surface area contributed by atoms with Crippen molar-refractivity contribution in [3.8, 4) is 89.0 Å². The van der Waals surface area contributed by atoms with Crippen LogP contribution in [0.2, 0.25) is 0 Å². The van der Waals surface area contributed by atoms with E-state index in [0.29, 0.717) is 0 Å². The summed E-state index contributed by atoms with van der Waals surface area (Å²) in [6, 6.07) is 100. The maximum atomic E-state index is 2.48. The smallest absolute Gasteiger partial charge is 0.0159 e. The van der Waals surface area contributed by atoms with Gasteiger partial charge in [-0.25, -0.2) is 0 Å². The number of hydrogen-bond acceptors (Lipinski definition) is 0. The molecule has 0 aliphatic heterocycles. The zero-order valence-electron chi connectivity index (χ0n) is 45.4. The SMILES string of the molecule is CC1(C)c2cc(-c3ccc(-c4c5ccccc5c(-c5ccccc5)c5ccccc45)cc3)ccc2-c2ccc3c4c(ccc1c24)C(C)(C)c1cc(-c2ccc(-c4c5ccccc5c(-c5ccccc5)c5ccccc45)cc2)ccc1-3. The molecule has 0 nitrogen and oxygen atoms in total. The lowest BCUT2D eigenvalue weighted by Gasteiger charge is -2.40. The van der Waals surface area contributed by atoms with Gasteiger partial charge in [0.15, 0.2) is 0 Å². The summed E-state index contributed by atoms with van der Waals surface area (Å²) >= 11 is 0. The molecule has 0 N–H and O–H groups in total. The van der Waals surface area contributed by atoms with E-state index in [1.54, 1.807) is 0 Å². The highest BCUT2D eigenvalue weighted by Crippen LogP contribution is 2.57. The standard InChI is InChI=1S/C80H56/c1-79(2)69-45-46-70-78-68(58-42-40-56(48-72(58)80(70,3)4)50-33-37-54(38-34-50)76-65-29-17-13-25-61(65)74(52-21-9-6-10-22-52)62-26-14-18-30-66(62)76)44-43-67(77(69)78)57-41-39-55(47-71(57)79)49-31-35-53(36-32-49)75-63-27-15-11-23-59(63)73(51-19-7-5-8-20-51)60-24-12-16-28-64(60)75/h5-48H,1-4H3. The fraction of sp³-hybridized carbons (Fsp3) is 0.0750. The van der Waals surface area contributed by atoms with Gasteiger partial charge >= 0.3 is 0 Å². The molecule has 0 fully saturated rings. The minimum atomic E-state index is -0.225.